The Morgan fingerprint density at radius 3 is 2.69 bits per heavy atom. The van der Waals surface area contributed by atoms with Gasteiger partial charge in [0.05, 0.1) is 5.75 Å². The van der Waals surface area contributed by atoms with Crippen molar-refractivity contribution in [3.63, 3.8) is 0 Å². The third-order valence-corrected chi connectivity index (χ3v) is 3.51. The molecule has 0 aliphatic rings. The molecule has 0 spiro atoms. The third kappa shape index (κ3) is 5.27. The highest BCUT2D eigenvalue weighted by atomic mass is 79.9. The van der Waals surface area contributed by atoms with Gasteiger partial charge >= 0.3 is 0 Å². The van der Waals surface area contributed by atoms with E-state index in [4.69, 9.17) is 16.7 Å². The second kappa shape index (κ2) is 5.97. The van der Waals surface area contributed by atoms with Gasteiger partial charge in [0.25, 0.3) is 0 Å². The lowest BCUT2D eigenvalue weighted by molar-refractivity contribution is 0.592. The van der Waals surface area contributed by atoms with Crippen molar-refractivity contribution < 1.29 is 8.42 Å². The molecule has 0 saturated heterocycles. The van der Waals surface area contributed by atoms with Crippen LogP contribution in [0.3, 0.4) is 0 Å². The van der Waals surface area contributed by atoms with E-state index in [9.17, 15) is 8.42 Å². The Morgan fingerprint density at radius 2 is 2.12 bits per heavy atom. The van der Waals surface area contributed by atoms with Gasteiger partial charge in [-0.2, -0.15) is 0 Å². The van der Waals surface area contributed by atoms with Gasteiger partial charge in [-0.1, -0.05) is 33.6 Å². The van der Waals surface area contributed by atoms with Crippen LogP contribution in [0.15, 0.2) is 22.7 Å². The third-order valence-electron chi connectivity index (χ3n) is 1.89. The van der Waals surface area contributed by atoms with Gasteiger partial charge in [0.1, 0.15) is 0 Å². The molecular weight excluding hydrogens is 316 g/mol. The Hall–Kier alpha value is -0.140. The minimum atomic E-state index is -3.40. The summed E-state index contributed by atoms with van der Waals surface area (Å²) in [5, 5.41) is 8.46. The lowest BCUT2D eigenvalue weighted by Gasteiger charge is -2.06. The van der Waals surface area contributed by atoms with Gasteiger partial charge in [0.2, 0.25) is 10.0 Å². The number of benzene rings is 1. The first-order chi connectivity index (χ1) is 7.38. The topological polar surface area (TPSA) is 72.2 Å². The average molecular weight is 328 g/mol. The molecule has 0 unspecified atom stereocenters. The summed E-state index contributed by atoms with van der Waals surface area (Å²) >= 11 is 9.29. The van der Waals surface area contributed by atoms with Gasteiger partial charge in [-0.05, 0) is 17.7 Å². The van der Waals surface area contributed by atoms with E-state index >= 15 is 0 Å². The van der Waals surface area contributed by atoms with Crippen molar-refractivity contribution in [2.24, 2.45) is 5.14 Å². The van der Waals surface area contributed by atoms with E-state index < -0.39 is 10.0 Å². The highest BCUT2D eigenvalue weighted by Crippen LogP contribution is 2.20. The molecule has 0 heterocycles. The van der Waals surface area contributed by atoms with Crippen molar-refractivity contribution >= 4 is 37.6 Å². The van der Waals surface area contributed by atoms with Crippen LogP contribution in [-0.4, -0.2) is 20.7 Å². The van der Waals surface area contributed by atoms with Gasteiger partial charge in [0.15, 0.2) is 0 Å². The number of sulfonamides is 1. The molecule has 0 radical (unpaired) electrons. The summed E-state index contributed by atoms with van der Waals surface area (Å²) in [6.07, 6.45) is 0. The van der Waals surface area contributed by atoms with E-state index in [1.807, 2.05) is 12.1 Å². The molecule has 3 N–H and O–H groups in total. The average Bonchev–Trinajstić information content (AvgIpc) is 2.13. The number of rotatable bonds is 5. The molecule has 7 heteroatoms. The van der Waals surface area contributed by atoms with Crippen molar-refractivity contribution in [1.29, 1.82) is 0 Å². The number of hydrogen-bond donors (Lipinski definition) is 2. The summed E-state index contributed by atoms with van der Waals surface area (Å²) in [5.41, 5.74) is 0.916. The number of nitrogens with one attached hydrogen (secondary N) is 1. The van der Waals surface area contributed by atoms with Crippen LogP contribution in [0.2, 0.25) is 5.02 Å². The zero-order chi connectivity index (χ0) is 12.2. The monoisotopic (exact) mass is 326 g/mol. The van der Waals surface area contributed by atoms with Crippen LogP contribution < -0.4 is 10.5 Å². The molecular formula is C9H12BrClN2O2S. The molecule has 0 fully saturated rings. The van der Waals surface area contributed by atoms with Crippen LogP contribution in [-0.2, 0) is 16.6 Å². The highest BCUT2D eigenvalue weighted by Gasteiger charge is 2.03. The molecule has 90 valence electrons. The molecule has 0 aliphatic heterocycles. The minimum absolute atomic E-state index is 0.0822. The first-order valence-corrected chi connectivity index (χ1v) is 7.42. The van der Waals surface area contributed by atoms with E-state index in [0.29, 0.717) is 18.1 Å². The Bertz CT molecular complexity index is 465. The smallest absolute Gasteiger partial charge is 0.210 e. The lowest BCUT2D eigenvalue weighted by atomic mass is 10.2. The van der Waals surface area contributed by atoms with Crippen LogP contribution in [0.5, 0.6) is 0 Å². The molecule has 0 amide bonds. The molecule has 16 heavy (non-hydrogen) atoms. The number of nitrogens with two attached hydrogens (primary N) is 1. The molecule has 0 bridgehead atoms. The summed E-state index contributed by atoms with van der Waals surface area (Å²) in [6, 6.07) is 5.54. The maximum absolute atomic E-state index is 10.7. The van der Waals surface area contributed by atoms with Crippen molar-refractivity contribution in [3.8, 4) is 0 Å². The Labute approximate surface area is 108 Å². The van der Waals surface area contributed by atoms with E-state index in [0.717, 1.165) is 10.0 Å². The first-order valence-electron chi connectivity index (χ1n) is 4.53. The molecule has 0 aromatic heterocycles. The van der Waals surface area contributed by atoms with E-state index in [1.165, 1.54) is 0 Å². The van der Waals surface area contributed by atoms with Gasteiger partial charge in [-0.3, -0.25) is 0 Å². The molecule has 0 atom stereocenters. The van der Waals surface area contributed by atoms with Gasteiger partial charge < -0.3 is 5.32 Å². The number of hydrogen-bond acceptors (Lipinski definition) is 3. The minimum Gasteiger partial charge on any atom is -0.312 e. The summed E-state index contributed by atoms with van der Waals surface area (Å²) < 4.78 is 22.2. The predicted octanol–water partition coefficient (Wildman–Crippen LogP) is 1.48. The molecule has 1 aromatic carbocycles. The zero-order valence-electron chi connectivity index (χ0n) is 8.41. The Kier molecular flexibility index (Phi) is 5.20. The quantitative estimate of drug-likeness (QED) is 0.805. The second-order valence-corrected chi connectivity index (χ2v) is 6.34. The largest absolute Gasteiger partial charge is 0.312 e. The molecule has 4 nitrogen and oxygen atoms in total. The van der Waals surface area contributed by atoms with Crippen molar-refractivity contribution in [1.82, 2.24) is 5.32 Å². The van der Waals surface area contributed by atoms with E-state index in [2.05, 4.69) is 21.2 Å². The first kappa shape index (κ1) is 13.9. The maximum atomic E-state index is 10.7. The van der Waals surface area contributed by atoms with Crippen LogP contribution in [0.1, 0.15) is 5.56 Å². The Morgan fingerprint density at radius 1 is 1.44 bits per heavy atom. The summed E-state index contributed by atoms with van der Waals surface area (Å²) in [6.45, 7) is 0.826. The van der Waals surface area contributed by atoms with Crippen molar-refractivity contribution in [2.45, 2.75) is 6.54 Å². The molecule has 0 aliphatic carbocycles. The Balaban J connectivity index is 2.43. The van der Waals surface area contributed by atoms with Gasteiger partial charge in [-0.15, -0.1) is 0 Å². The maximum Gasteiger partial charge on any atom is 0.210 e. The highest BCUT2D eigenvalue weighted by molar-refractivity contribution is 9.10. The van der Waals surface area contributed by atoms with Crippen LogP contribution in [0.4, 0.5) is 0 Å². The SMILES string of the molecule is NS(=O)(=O)CCNCc1ccc(Br)cc1Cl. The normalized spacial score (nSPS) is 11.7. The lowest BCUT2D eigenvalue weighted by Crippen LogP contribution is -2.26. The molecule has 1 aromatic rings. The zero-order valence-corrected chi connectivity index (χ0v) is 11.6. The molecule has 0 saturated carbocycles. The van der Waals surface area contributed by atoms with Crippen LogP contribution in [0, 0.1) is 0 Å². The fourth-order valence-electron chi connectivity index (χ4n) is 1.10. The number of halogens is 2. The van der Waals surface area contributed by atoms with Gasteiger partial charge in [-0.25, -0.2) is 13.6 Å². The summed E-state index contributed by atoms with van der Waals surface area (Å²) in [4.78, 5) is 0. The predicted molar refractivity (Wildman–Crippen MR) is 68.8 cm³/mol. The second-order valence-electron chi connectivity index (χ2n) is 3.28. The summed E-state index contributed by atoms with van der Waals surface area (Å²) in [7, 11) is -3.40. The van der Waals surface area contributed by atoms with Crippen molar-refractivity contribution in [3.05, 3.63) is 33.3 Å². The van der Waals surface area contributed by atoms with Crippen molar-refractivity contribution in [2.75, 3.05) is 12.3 Å². The fraction of sp³-hybridized carbons (Fsp3) is 0.333. The standard InChI is InChI=1S/C9H12BrClN2O2S/c10-8-2-1-7(9(11)5-8)6-13-3-4-16(12,14)15/h1-2,5,13H,3-4,6H2,(H2,12,14,15). The fourth-order valence-corrected chi connectivity index (χ4v) is 2.27. The van der Waals surface area contributed by atoms with Gasteiger partial charge in [0, 0.05) is 22.6 Å². The summed E-state index contributed by atoms with van der Waals surface area (Å²) in [5.74, 6) is -0.0822. The van der Waals surface area contributed by atoms with E-state index in [-0.39, 0.29) is 5.75 Å². The van der Waals surface area contributed by atoms with Crippen LogP contribution >= 0.6 is 27.5 Å². The van der Waals surface area contributed by atoms with Crippen LogP contribution in [0.25, 0.3) is 0 Å². The van der Waals surface area contributed by atoms with E-state index in [1.54, 1.807) is 6.07 Å². The molecule has 1 rings (SSSR count). The number of primary sulfonamides is 1.